The van der Waals surface area contributed by atoms with Crippen LogP contribution in [0.1, 0.15) is 41.5 Å². The molecule has 2 aliphatic carbocycles. The van der Waals surface area contributed by atoms with E-state index in [1.165, 1.54) is 12.2 Å². The van der Waals surface area contributed by atoms with Crippen LogP contribution >= 0.6 is 0 Å². The second-order valence-corrected chi connectivity index (χ2v) is 9.30. The lowest BCUT2D eigenvalue weighted by Crippen LogP contribution is -2.31. The summed E-state index contributed by atoms with van der Waals surface area (Å²) in [6.07, 6.45) is -7.08. The van der Waals surface area contributed by atoms with E-state index in [0.717, 1.165) is 0 Å². The molecule has 0 N–H and O–H groups in total. The van der Waals surface area contributed by atoms with Gasteiger partial charge in [0.25, 0.3) is 0 Å². The standard InChI is InChI=1S/C22H22F6O2/c1-19(2,3)13-7-11(8-14(17(13)29)20(4,5)6)12-9-15(21(23,24)25)18(30)16(10-12)22(26,27)28/h7-10H,1-6H3. The number of carbonyl (C=O) groups excluding carboxylic acids is 2. The van der Waals surface area contributed by atoms with Crippen LogP contribution in [0.15, 0.2) is 57.7 Å². The van der Waals surface area contributed by atoms with Gasteiger partial charge < -0.3 is 0 Å². The first-order valence-corrected chi connectivity index (χ1v) is 9.10. The molecule has 2 aliphatic rings. The predicted octanol–water partition coefficient (Wildman–Crippen LogP) is 6.37. The van der Waals surface area contributed by atoms with Crippen LogP contribution < -0.4 is 0 Å². The molecule has 0 aliphatic heterocycles. The first-order chi connectivity index (χ1) is 13.2. The second kappa shape index (κ2) is 7.10. The molecule has 0 saturated heterocycles. The van der Waals surface area contributed by atoms with Crippen LogP contribution in [0.25, 0.3) is 0 Å². The van der Waals surface area contributed by atoms with Gasteiger partial charge in [0.05, 0.1) is 0 Å². The fraction of sp³-hybridized carbons (Fsp3) is 0.455. The first kappa shape index (κ1) is 23.9. The second-order valence-electron chi connectivity index (χ2n) is 9.30. The number of halogens is 6. The third-order valence-corrected chi connectivity index (χ3v) is 4.74. The SMILES string of the molecule is CC(C)(C)C1=CC(=C2C=C(C(F)(F)F)C(=O)C(C(F)(F)F)=C2)C=C(C(C)(C)C)C1=O. The Hall–Kier alpha value is -2.38. The molecule has 0 amide bonds. The highest BCUT2D eigenvalue weighted by Crippen LogP contribution is 2.43. The van der Waals surface area contributed by atoms with Crippen molar-refractivity contribution in [3.63, 3.8) is 0 Å². The van der Waals surface area contributed by atoms with Gasteiger partial charge in [-0.25, -0.2) is 0 Å². The zero-order valence-corrected chi connectivity index (χ0v) is 17.4. The highest BCUT2D eigenvalue weighted by molar-refractivity contribution is 6.13. The Morgan fingerprint density at radius 2 is 0.733 bits per heavy atom. The van der Waals surface area contributed by atoms with Gasteiger partial charge in [-0.05, 0) is 46.3 Å². The molecule has 0 unspecified atom stereocenters. The van der Waals surface area contributed by atoms with Gasteiger partial charge in [-0.2, -0.15) is 26.3 Å². The van der Waals surface area contributed by atoms with Gasteiger partial charge in [0, 0.05) is 11.1 Å². The van der Waals surface area contributed by atoms with E-state index >= 15 is 0 Å². The van der Waals surface area contributed by atoms with Crippen molar-refractivity contribution in [2.75, 3.05) is 0 Å². The summed E-state index contributed by atoms with van der Waals surface area (Å²) in [6, 6.07) is 0. The van der Waals surface area contributed by atoms with E-state index in [0.29, 0.717) is 12.2 Å². The molecule has 0 aromatic carbocycles. The number of Topliss-reactive ketones (excluding diaryl/α,β-unsaturated/α-hetero) is 2. The molecule has 0 bridgehead atoms. The zero-order chi connectivity index (χ0) is 23.4. The molecule has 0 atom stereocenters. The molecule has 0 fully saturated rings. The Morgan fingerprint density at radius 3 is 0.967 bits per heavy atom. The van der Waals surface area contributed by atoms with Gasteiger partial charge >= 0.3 is 12.4 Å². The van der Waals surface area contributed by atoms with Crippen molar-refractivity contribution in [3.8, 4) is 0 Å². The summed E-state index contributed by atoms with van der Waals surface area (Å²) in [5.41, 5.74) is -5.08. The molecule has 30 heavy (non-hydrogen) atoms. The molecular weight excluding hydrogens is 410 g/mol. The van der Waals surface area contributed by atoms with Crippen LogP contribution in [0.3, 0.4) is 0 Å². The molecule has 0 radical (unpaired) electrons. The number of allylic oxidation sites excluding steroid dienone is 10. The lowest BCUT2D eigenvalue weighted by Gasteiger charge is -2.32. The molecule has 0 spiro atoms. The number of alkyl halides is 6. The van der Waals surface area contributed by atoms with Crippen LogP contribution in [0.2, 0.25) is 0 Å². The summed E-state index contributed by atoms with van der Waals surface area (Å²) >= 11 is 0. The number of hydrogen-bond donors (Lipinski definition) is 0. The van der Waals surface area contributed by atoms with Crippen LogP contribution in [0.5, 0.6) is 0 Å². The van der Waals surface area contributed by atoms with Crippen LogP contribution in [-0.4, -0.2) is 23.9 Å². The van der Waals surface area contributed by atoms with Crippen molar-refractivity contribution in [3.05, 3.63) is 57.7 Å². The number of hydrogen-bond acceptors (Lipinski definition) is 2. The molecule has 0 heterocycles. The summed E-state index contributed by atoms with van der Waals surface area (Å²) in [5, 5.41) is 0. The fourth-order valence-corrected chi connectivity index (χ4v) is 3.13. The molecule has 0 aromatic heterocycles. The Morgan fingerprint density at radius 1 is 0.500 bits per heavy atom. The average Bonchev–Trinajstić information content (AvgIpc) is 2.50. The fourth-order valence-electron chi connectivity index (χ4n) is 3.13. The number of rotatable bonds is 0. The highest BCUT2D eigenvalue weighted by atomic mass is 19.4. The van der Waals surface area contributed by atoms with E-state index in [2.05, 4.69) is 0 Å². The van der Waals surface area contributed by atoms with E-state index in [4.69, 9.17) is 0 Å². The molecule has 2 nitrogen and oxygen atoms in total. The minimum absolute atomic E-state index is 0.0143. The van der Waals surface area contributed by atoms with E-state index in [1.807, 2.05) is 0 Å². The van der Waals surface area contributed by atoms with E-state index in [-0.39, 0.29) is 22.5 Å². The minimum Gasteiger partial charge on any atom is -0.289 e. The smallest absolute Gasteiger partial charge is 0.289 e. The van der Waals surface area contributed by atoms with Gasteiger partial charge in [-0.1, -0.05) is 41.5 Å². The van der Waals surface area contributed by atoms with Crippen molar-refractivity contribution in [2.24, 2.45) is 10.8 Å². The molecule has 164 valence electrons. The summed E-state index contributed by atoms with van der Waals surface area (Å²) in [4.78, 5) is 24.8. The third kappa shape index (κ3) is 4.68. The largest absolute Gasteiger partial charge is 0.420 e. The maximum absolute atomic E-state index is 13.3. The van der Waals surface area contributed by atoms with E-state index < -0.39 is 45.7 Å². The quantitative estimate of drug-likeness (QED) is 0.417. The van der Waals surface area contributed by atoms with Crippen molar-refractivity contribution in [1.82, 2.24) is 0 Å². The van der Waals surface area contributed by atoms with Gasteiger partial charge in [0.15, 0.2) is 5.78 Å². The molecule has 2 rings (SSSR count). The van der Waals surface area contributed by atoms with Crippen molar-refractivity contribution < 1.29 is 35.9 Å². The topological polar surface area (TPSA) is 34.1 Å². The normalized spacial score (nSPS) is 19.5. The molecule has 8 heteroatoms. The van der Waals surface area contributed by atoms with Gasteiger partial charge in [-0.15, -0.1) is 0 Å². The summed E-state index contributed by atoms with van der Waals surface area (Å²) in [5.74, 6) is -2.43. The number of carbonyl (C=O) groups is 2. The number of ketones is 2. The zero-order valence-electron chi connectivity index (χ0n) is 17.4. The van der Waals surface area contributed by atoms with Gasteiger partial charge in [-0.3, -0.25) is 9.59 Å². The third-order valence-electron chi connectivity index (χ3n) is 4.74. The Kier molecular flexibility index (Phi) is 5.65. The van der Waals surface area contributed by atoms with Crippen LogP contribution in [0, 0.1) is 10.8 Å². The van der Waals surface area contributed by atoms with Crippen molar-refractivity contribution in [2.45, 2.75) is 53.9 Å². The lowest BCUT2D eigenvalue weighted by molar-refractivity contribution is -0.136. The maximum Gasteiger partial charge on any atom is 0.420 e. The van der Waals surface area contributed by atoms with Gasteiger partial charge in [0.1, 0.15) is 11.1 Å². The lowest BCUT2D eigenvalue weighted by atomic mass is 9.71. The molecule has 0 saturated carbocycles. The summed E-state index contributed by atoms with van der Waals surface area (Å²) in [7, 11) is 0. The average molecular weight is 432 g/mol. The first-order valence-electron chi connectivity index (χ1n) is 9.10. The van der Waals surface area contributed by atoms with Crippen LogP contribution in [-0.2, 0) is 9.59 Å². The van der Waals surface area contributed by atoms with Crippen molar-refractivity contribution >= 4 is 11.6 Å². The minimum atomic E-state index is -5.26. The van der Waals surface area contributed by atoms with Crippen molar-refractivity contribution in [1.29, 1.82) is 0 Å². The predicted molar refractivity (Wildman–Crippen MR) is 100 cm³/mol. The Balaban J connectivity index is 2.92. The van der Waals surface area contributed by atoms with Crippen LogP contribution in [0.4, 0.5) is 26.3 Å². The molecule has 0 aromatic rings. The Labute approximate surface area is 170 Å². The van der Waals surface area contributed by atoms with Gasteiger partial charge in [0.2, 0.25) is 5.78 Å². The monoisotopic (exact) mass is 432 g/mol. The van der Waals surface area contributed by atoms with E-state index in [1.54, 1.807) is 41.5 Å². The molecular formula is C22H22F6O2. The maximum atomic E-state index is 13.3. The highest BCUT2D eigenvalue weighted by Gasteiger charge is 2.48. The summed E-state index contributed by atoms with van der Waals surface area (Å²) in [6.45, 7) is 10.4. The van der Waals surface area contributed by atoms with E-state index in [9.17, 15) is 35.9 Å². The summed E-state index contributed by atoms with van der Waals surface area (Å²) < 4.78 is 79.8. The Bertz CT molecular complexity index is 800.